The van der Waals surface area contributed by atoms with Crippen molar-refractivity contribution in [2.24, 2.45) is 0 Å². The fourth-order valence-electron chi connectivity index (χ4n) is 2.20. The molecule has 0 spiro atoms. The van der Waals surface area contributed by atoms with E-state index in [1.165, 1.54) is 17.2 Å². The summed E-state index contributed by atoms with van der Waals surface area (Å²) in [7, 11) is 1.92. The number of nitrogens with one attached hydrogen (secondary N) is 1. The lowest BCUT2D eigenvalue weighted by Gasteiger charge is -2.19. The zero-order chi connectivity index (χ0) is 14.7. The van der Waals surface area contributed by atoms with Crippen LogP contribution in [0.15, 0.2) is 45.3 Å². The summed E-state index contributed by atoms with van der Waals surface area (Å²) in [6.45, 7) is 2.06. The van der Waals surface area contributed by atoms with Crippen LogP contribution in [-0.2, 0) is 6.42 Å². The average molecular weight is 401 g/mol. The van der Waals surface area contributed by atoms with Gasteiger partial charge in [-0.1, -0.05) is 44.0 Å². The van der Waals surface area contributed by atoms with Gasteiger partial charge in [0.2, 0.25) is 0 Å². The largest absolute Gasteiger partial charge is 0.313 e. The zero-order valence-electron chi connectivity index (χ0n) is 11.4. The summed E-state index contributed by atoms with van der Waals surface area (Å²) < 4.78 is 15.4. The third-order valence-electron chi connectivity index (χ3n) is 3.31. The van der Waals surface area contributed by atoms with Crippen LogP contribution in [0.3, 0.4) is 0 Å². The maximum absolute atomic E-state index is 13.4. The van der Waals surface area contributed by atoms with Crippen molar-refractivity contribution in [2.45, 2.75) is 19.4 Å². The summed E-state index contributed by atoms with van der Waals surface area (Å²) >= 11 is 7.09. The van der Waals surface area contributed by atoms with Gasteiger partial charge in [-0.2, -0.15) is 0 Å². The van der Waals surface area contributed by atoms with Crippen molar-refractivity contribution in [1.29, 1.82) is 0 Å². The molecule has 0 radical (unpaired) electrons. The van der Waals surface area contributed by atoms with Crippen molar-refractivity contribution >= 4 is 31.9 Å². The van der Waals surface area contributed by atoms with Crippen molar-refractivity contribution in [1.82, 2.24) is 5.32 Å². The van der Waals surface area contributed by atoms with Crippen LogP contribution in [0, 0.1) is 12.7 Å². The predicted molar refractivity (Wildman–Crippen MR) is 88.5 cm³/mol. The fourth-order valence-corrected chi connectivity index (χ4v) is 3.38. The molecule has 0 aliphatic carbocycles. The van der Waals surface area contributed by atoms with Gasteiger partial charge in [-0.3, -0.25) is 0 Å². The molecule has 0 bridgehead atoms. The van der Waals surface area contributed by atoms with Crippen molar-refractivity contribution in [2.75, 3.05) is 7.05 Å². The SMILES string of the molecule is CNC(Cc1cc(F)ccc1Br)c1ccc(C)cc1Br. The van der Waals surface area contributed by atoms with Crippen molar-refractivity contribution in [3.8, 4) is 0 Å². The Hall–Kier alpha value is -0.710. The Kier molecular flexibility index (Phi) is 5.35. The number of hydrogen-bond donors (Lipinski definition) is 1. The Labute approximate surface area is 135 Å². The number of aryl methyl sites for hydroxylation is 1. The molecule has 0 amide bonds. The second-order valence-corrected chi connectivity index (χ2v) is 6.51. The molecule has 0 aromatic heterocycles. The standard InChI is InChI=1S/C16H16Br2FN/c1-10-3-5-13(15(18)7-10)16(20-2)9-11-8-12(19)4-6-14(11)17/h3-8,16,20H,9H2,1-2H3. The van der Waals surface area contributed by atoms with Crippen LogP contribution in [0.25, 0.3) is 0 Å². The van der Waals surface area contributed by atoms with Crippen LogP contribution in [0.1, 0.15) is 22.7 Å². The van der Waals surface area contributed by atoms with Crippen molar-refractivity contribution in [3.05, 3.63) is 67.9 Å². The normalized spacial score (nSPS) is 12.4. The highest BCUT2D eigenvalue weighted by atomic mass is 79.9. The number of rotatable bonds is 4. The van der Waals surface area contributed by atoms with Crippen LogP contribution in [0.2, 0.25) is 0 Å². The highest BCUT2D eigenvalue weighted by Gasteiger charge is 2.15. The van der Waals surface area contributed by atoms with E-state index in [1.54, 1.807) is 12.1 Å². The monoisotopic (exact) mass is 399 g/mol. The Balaban J connectivity index is 2.31. The quantitative estimate of drug-likeness (QED) is 0.747. The smallest absolute Gasteiger partial charge is 0.123 e. The average Bonchev–Trinajstić information content (AvgIpc) is 2.40. The lowest BCUT2D eigenvalue weighted by molar-refractivity contribution is 0.581. The van der Waals surface area contributed by atoms with Gasteiger partial charge in [0.05, 0.1) is 0 Å². The second kappa shape index (κ2) is 6.83. The van der Waals surface area contributed by atoms with Crippen LogP contribution >= 0.6 is 31.9 Å². The Bertz CT molecular complexity index is 613. The maximum Gasteiger partial charge on any atom is 0.123 e. The molecule has 2 aromatic carbocycles. The van der Waals surface area contributed by atoms with Gasteiger partial charge in [-0.25, -0.2) is 4.39 Å². The number of likely N-dealkylation sites (N-methyl/N-ethyl adjacent to an activating group) is 1. The summed E-state index contributed by atoms with van der Waals surface area (Å²) in [5.41, 5.74) is 3.34. The molecule has 1 N–H and O–H groups in total. The van der Waals surface area contributed by atoms with E-state index >= 15 is 0 Å². The molecule has 2 aromatic rings. The van der Waals surface area contributed by atoms with Gasteiger partial charge in [0.15, 0.2) is 0 Å². The molecule has 20 heavy (non-hydrogen) atoms. The molecule has 0 fully saturated rings. The van der Waals surface area contributed by atoms with E-state index < -0.39 is 0 Å². The van der Waals surface area contributed by atoms with Crippen LogP contribution in [-0.4, -0.2) is 7.05 Å². The summed E-state index contributed by atoms with van der Waals surface area (Å²) in [4.78, 5) is 0. The van der Waals surface area contributed by atoms with E-state index in [0.717, 1.165) is 20.9 Å². The maximum atomic E-state index is 13.4. The molecule has 1 nitrogen and oxygen atoms in total. The van der Waals surface area contributed by atoms with E-state index in [1.807, 2.05) is 7.05 Å². The summed E-state index contributed by atoms with van der Waals surface area (Å²) in [5, 5.41) is 3.30. The van der Waals surface area contributed by atoms with E-state index in [0.29, 0.717) is 0 Å². The first-order valence-corrected chi connectivity index (χ1v) is 7.97. The Morgan fingerprint density at radius 1 is 1.10 bits per heavy atom. The molecule has 1 atom stereocenters. The molecule has 2 rings (SSSR count). The molecule has 0 aliphatic heterocycles. The van der Waals surface area contributed by atoms with E-state index in [9.17, 15) is 4.39 Å². The van der Waals surface area contributed by atoms with Crippen LogP contribution < -0.4 is 5.32 Å². The van der Waals surface area contributed by atoms with Gasteiger partial charge in [-0.15, -0.1) is 0 Å². The lowest BCUT2D eigenvalue weighted by atomic mass is 9.98. The van der Waals surface area contributed by atoms with Gasteiger partial charge < -0.3 is 5.32 Å². The first-order valence-electron chi connectivity index (χ1n) is 6.38. The minimum absolute atomic E-state index is 0.128. The fraction of sp³-hybridized carbons (Fsp3) is 0.250. The van der Waals surface area contributed by atoms with Gasteiger partial charge in [-0.05, 0) is 61.3 Å². The first-order chi connectivity index (χ1) is 9.51. The summed E-state index contributed by atoms with van der Waals surface area (Å²) in [6.07, 6.45) is 0.719. The van der Waals surface area contributed by atoms with Crippen molar-refractivity contribution < 1.29 is 4.39 Å². The minimum Gasteiger partial charge on any atom is -0.313 e. The topological polar surface area (TPSA) is 12.0 Å². The first kappa shape index (κ1) is 15.7. The number of benzene rings is 2. The van der Waals surface area contributed by atoms with Gasteiger partial charge in [0, 0.05) is 15.0 Å². The molecule has 0 saturated heterocycles. The third-order valence-corrected chi connectivity index (χ3v) is 4.77. The summed E-state index contributed by atoms with van der Waals surface area (Å²) in [6, 6.07) is 11.2. The van der Waals surface area contributed by atoms with E-state index in [4.69, 9.17) is 0 Å². The molecule has 0 aliphatic rings. The molecule has 106 valence electrons. The predicted octanol–water partition coefficient (Wildman–Crippen LogP) is 5.16. The molecule has 0 heterocycles. The van der Waals surface area contributed by atoms with Gasteiger partial charge >= 0.3 is 0 Å². The summed E-state index contributed by atoms with van der Waals surface area (Å²) in [5.74, 6) is -0.207. The van der Waals surface area contributed by atoms with Crippen molar-refractivity contribution in [3.63, 3.8) is 0 Å². The highest BCUT2D eigenvalue weighted by Crippen LogP contribution is 2.29. The number of halogens is 3. The van der Waals surface area contributed by atoms with Gasteiger partial charge in [0.25, 0.3) is 0 Å². The molecule has 0 saturated carbocycles. The second-order valence-electron chi connectivity index (χ2n) is 4.81. The molecule has 1 unspecified atom stereocenters. The molecular weight excluding hydrogens is 385 g/mol. The Morgan fingerprint density at radius 3 is 2.50 bits per heavy atom. The lowest BCUT2D eigenvalue weighted by Crippen LogP contribution is -2.19. The highest BCUT2D eigenvalue weighted by molar-refractivity contribution is 9.10. The number of hydrogen-bond acceptors (Lipinski definition) is 1. The van der Waals surface area contributed by atoms with E-state index in [-0.39, 0.29) is 11.9 Å². The van der Waals surface area contributed by atoms with E-state index in [2.05, 4.69) is 62.3 Å². The van der Waals surface area contributed by atoms with Gasteiger partial charge in [0.1, 0.15) is 5.82 Å². The zero-order valence-corrected chi connectivity index (χ0v) is 14.6. The molecular formula is C16H16Br2FN. The third kappa shape index (κ3) is 3.68. The Morgan fingerprint density at radius 2 is 1.85 bits per heavy atom. The van der Waals surface area contributed by atoms with Crippen LogP contribution in [0.5, 0.6) is 0 Å². The minimum atomic E-state index is -0.207. The van der Waals surface area contributed by atoms with Crippen LogP contribution in [0.4, 0.5) is 4.39 Å². The molecule has 4 heteroatoms.